The Morgan fingerprint density at radius 2 is 1.00 bits per heavy atom. The first-order chi connectivity index (χ1) is 14.2. The van der Waals surface area contributed by atoms with E-state index in [9.17, 15) is 9.59 Å². The molecule has 1 aliphatic rings. The minimum absolute atomic E-state index is 0.147. The zero-order valence-corrected chi connectivity index (χ0v) is 15.6. The van der Waals surface area contributed by atoms with Crippen molar-refractivity contribution >= 4 is 17.3 Å². The molecule has 2 N–H and O–H groups in total. The average Bonchev–Trinajstić information content (AvgIpc) is 2.78. The van der Waals surface area contributed by atoms with Gasteiger partial charge in [-0.1, -0.05) is 78.9 Å². The van der Waals surface area contributed by atoms with Crippen molar-refractivity contribution in [3.63, 3.8) is 0 Å². The molecule has 1 aliphatic carbocycles. The van der Waals surface area contributed by atoms with Gasteiger partial charge in [0, 0.05) is 33.5 Å². The number of anilines is 1. The molecule has 4 aromatic carbocycles. The van der Waals surface area contributed by atoms with Gasteiger partial charge in [0.15, 0.2) is 11.6 Å². The standard InChI is InChI=1S/C26H17NO2/c27-21-15-14-20-24(22(21)17-10-5-2-6-11-17)26(29)19-13-7-12-18(23(19)25(20)28)16-8-3-1-4-9-16/h1-15H,27H2. The number of fused-ring (bicyclic) bond motifs is 2. The van der Waals surface area contributed by atoms with Crippen molar-refractivity contribution in [3.8, 4) is 22.3 Å². The lowest BCUT2D eigenvalue weighted by Crippen LogP contribution is -2.23. The maximum atomic E-state index is 13.6. The van der Waals surface area contributed by atoms with Crippen LogP contribution in [-0.2, 0) is 0 Å². The molecule has 0 saturated heterocycles. The van der Waals surface area contributed by atoms with Gasteiger partial charge in [-0.3, -0.25) is 9.59 Å². The van der Waals surface area contributed by atoms with Crippen LogP contribution in [-0.4, -0.2) is 11.6 Å². The lowest BCUT2D eigenvalue weighted by Gasteiger charge is -2.23. The first kappa shape index (κ1) is 17.1. The maximum Gasteiger partial charge on any atom is 0.195 e. The molecule has 0 heterocycles. The SMILES string of the molecule is Nc1ccc2c(c1-c1ccccc1)C(=O)c1cccc(-c3ccccc3)c1C2=O. The minimum atomic E-state index is -0.168. The van der Waals surface area contributed by atoms with Crippen LogP contribution in [0, 0.1) is 0 Å². The van der Waals surface area contributed by atoms with Gasteiger partial charge in [-0.2, -0.15) is 0 Å². The molecule has 3 heteroatoms. The van der Waals surface area contributed by atoms with E-state index >= 15 is 0 Å². The fraction of sp³-hybridized carbons (Fsp3) is 0. The van der Waals surface area contributed by atoms with Gasteiger partial charge in [0.05, 0.1) is 0 Å². The molecular weight excluding hydrogens is 358 g/mol. The van der Waals surface area contributed by atoms with Crippen LogP contribution in [0.25, 0.3) is 22.3 Å². The van der Waals surface area contributed by atoms with E-state index in [4.69, 9.17) is 5.73 Å². The Morgan fingerprint density at radius 3 is 1.69 bits per heavy atom. The molecule has 5 rings (SSSR count). The highest BCUT2D eigenvalue weighted by atomic mass is 16.1. The second kappa shape index (κ2) is 6.57. The molecule has 3 nitrogen and oxygen atoms in total. The van der Waals surface area contributed by atoms with Crippen molar-refractivity contribution in [2.45, 2.75) is 0 Å². The molecule has 4 aromatic rings. The van der Waals surface area contributed by atoms with Crippen molar-refractivity contribution in [3.05, 3.63) is 113 Å². The van der Waals surface area contributed by atoms with Gasteiger partial charge in [0.25, 0.3) is 0 Å². The number of rotatable bonds is 2. The molecule has 0 radical (unpaired) electrons. The fourth-order valence-electron chi connectivity index (χ4n) is 4.07. The highest BCUT2D eigenvalue weighted by molar-refractivity contribution is 6.32. The second-order valence-electron chi connectivity index (χ2n) is 7.07. The van der Waals surface area contributed by atoms with E-state index in [-0.39, 0.29) is 11.6 Å². The van der Waals surface area contributed by atoms with E-state index in [0.29, 0.717) is 33.5 Å². The van der Waals surface area contributed by atoms with Crippen LogP contribution in [0.3, 0.4) is 0 Å². The molecule has 0 unspecified atom stereocenters. The molecule has 138 valence electrons. The van der Waals surface area contributed by atoms with Crippen molar-refractivity contribution in [1.29, 1.82) is 0 Å². The minimum Gasteiger partial charge on any atom is -0.398 e. The molecule has 0 atom stereocenters. The van der Waals surface area contributed by atoms with Gasteiger partial charge >= 0.3 is 0 Å². The number of benzene rings is 4. The Hall–Kier alpha value is -3.98. The predicted molar refractivity (Wildman–Crippen MR) is 115 cm³/mol. The molecule has 0 bridgehead atoms. The molecule has 0 fully saturated rings. The topological polar surface area (TPSA) is 60.2 Å². The summed E-state index contributed by atoms with van der Waals surface area (Å²) in [5.74, 6) is -0.315. The quantitative estimate of drug-likeness (QED) is 0.422. The summed E-state index contributed by atoms with van der Waals surface area (Å²) < 4.78 is 0. The predicted octanol–water partition coefficient (Wildman–Crippen LogP) is 5.38. The Balaban J connectivity index is 1.79. The zero-order chi connectivity index (χ0) is 20.0. The summed E-state index contributed by atoms with van der Waals surface area (Å²) in [6.45, 7) is 0. The van der Waals surface area contributed by atoms with Crippen molar-refractivity contribution in [2.24, 2.45) is 0 Å². The lowest BCUT2D eigenvalue weighted by atomic mass is 9.77. The van der Waals surface area contributed by atoms with E-state index in [2.05, 4.69) is 0 Å². The van der Waals surface area contributed by atoms with Crippen LogP contribution in [0.1, 0.15) is 31.8 Å². The van der Waals surface area contributed by atoms with Gasteiger partial charge in [-0.15, -0.1) is 0 Å². The Labute approximate surface area is 168 Å². The number of nitrogens with two attached hydrogens (primary N) is 1. The third kappa shape index (κ3) is 2.59. The van der Waals surface area contributed by atoms with Crippen LogP contribution >= 0.6 is 0 Å². The molecule has 29 heavy (non-hydrogen) atoms. The van der Waals surface area contributed by atoms with Gasteiger partial charge < -0.3 is 5.73 Å². The van der Waals surface area contributed by atoms with Crippen LogP contribution < -0.4 is 5.73 Å². The van der Waals surface area contributed by atoms with E-state index in [0.717, 1.165) is 16.7 Å². The Kier molecular flexibility index (Phi) is 3.88. The summed E-state index contributed by atoms with van der Waals surface area (Å²) in [7, 11) is 0. The molecule has 0 spiro atoms. The summed E-state index contributed by atoms with van der Waals surface area (Å²) >= 11 is 0. The third-order valence-electron chi connectivity index (χ3n) is 5.39. The number of nitrogen functional groups attached to an aromatic ring is 1. The second-order valence-corrected chi connectivity index (χ2v) is 7.07. The summed E-state index contributed by atoms with van der Waals surface area (Å²) in [5.41, 5.74) is 11.5. The number of hydrogen-bond donors (Lipinski definition) is 1. The highest BCUT2D eigenvalue weighted by Gasteiger charge is 2.34. The molecule has 0 amide bonds. The lowest BCUT2D eigenvalue weighted by molar-refractivity contribution is 0.0980. The molecular formula is C26H17NO2. The summed E-state index contributed by atoms with van der Waals surface area (Å²) in [4.78, 5) is 27.1. The van der Waals surface area contributed by atoms with Crippen LogP contribution in [0.2, 0.25) is 0 Å². The summed E-state index contributed by atoms with van der Waals surface area (Å²) in [6.07, 6.45) is 0. The zero-order valence-electron chi connectivity index (χ0n) is 15.6. The van der Waals surface area contributed by atoms with Crippen LogP contribution in [0.5, 0.6) is 0 Å². The van der Waals surface area contributed by atoms with Gasteiger partial charge in [-0.05, 0) is 28.8 Å². The Bertz CT molecular complexity index is 1280. The maximum absolute atomic E-state index is 13.6. The highest BCUT2D eigenvalue weighted by Crippen LogP contribution is 2.40. The molecule has 0 aromatic heterocycles. The smallest absolute Gasteiger partial charge is 0.195 e. The molecule has 0 aliphatic heterocycles. The van der Waals surface area contributed by atoms with Crippen molar-refractivity contribution < 1.29 is 9.59 Å². The number of ketones is 2. The first-order valence-electron chi connectivity index (χ1n) is 9.42. The normalized spacial score (nSPS) is 12.4. The summed E-state index contributed by atoms with van der Waals surface area (Å²) in [5, 5.41) is 0. The largest absolute Gasteiger partial charge is 0.398 e. The van der Waals surface area contributed by atoms with Gasteiger partial charge in [-0.25, -0.2) is 0 Å². The van der Waals surface area contributed by atoms with Crippen molar-refractivity contribution in [1.82, 2.24) is 0 Å². The van der Waals surface area contributed by atoms with Gasteiger partial charge in [0.1, 0.15) is 0 Å². The van der Waals surface area contributed by atoms with E-state index in [1.54, 1.807) is 18.2 Å². The monoisotopic (exact) mass is 375 g/mol. The Morgan fingerprint density at radius 1 is 0.448 bits per heavy atom. The fourth-order valence-corrected chi connectivity index (χ4v) is 4.07. The first-order valence-corrected chi connectivity index (χ1v) is 9.42. The van der Waals surface area contributed by atoms with Crippen molar-refractivity contribution in [2.75, 3.05) is 5.73 Å². The van der Waals surface area contributed by atoms with Crippen LogP contribution in [0.15, 0.2) is 91.0 Å². The van der Waals surface area contributed by atoms with Crippen LogP contribution in [0.4, 0.5) is 5.69 Å². The van der Waals surface area contributed by atoms with E-state index in [1.165, 1.54) is 0 Å². The van der Waals surface area contributed by atoms with E-state index < -0.39 is 0 Å². The van der Waals surface area contributed by atoms with Gasteiger partial charge in [0.2, 0.25) is 0 Å². The third-order valence-corrected chi connectivity index (χ3v) is 5.39. The number of hydrogen-bond acceptors (Lipinski definition) is 3. The molecule has 0 saturated carbocycles. The summed E-state index contributed by atoms with van der Waals surface area (Å²) in [6, 6.07) is 28.0. The van der Waals surface area contributed by atoms with E-state index in [1.807, 2.05) is 72.8 Å². The number of carbonyl (C=O) groups is 2. The number of carbonyl (C=O) groups excluding carboxylic acids is 2. The average molecular weight is 375 g/mol.